The first-order chi connectivity index (χ1) is 19.8. The smallest absolute Gasteiger partial charge is 0.475 e. The number of carboxylic acid groups (broad SMARTS) is 2. The van der Waals surface area contributed by atoms with Crippen molar-refractivity contribution in [1.29, 1.82) is 0 Å². The van der Waals surface area contributed by atoms with Crippen LogP contribution in [0, 0.1) is 11.7 Å². The number of aliphatic carboxylic acids is 2. The van der Waals surface area contributed by atoms with E-state index in [1.807, 2.05) is 4.57 Å². The summed E-state index contributed by atoms with van der Waals surface area (Å²) in [6, 6.07) is 5.87. The third kappa shape index (κ3) is 9.60. The normalized spacial score (nSPS) is 16.8. The fraction of sp³-hybridized carbons (Fsp3) is 0.560. The molecular weight excluding hydrogens is 597 g/mol. The van der Waals surface area contributed by atoms with E-state index in [-0.39, 0.29) is 17.3 Å². The maximum absolute atomic E-state index is 13.4. The van der Waals surface area contributed by atoms with Crippen molar-refractivity contribution < 1.29 is 55.3 Å². The van der Waals surface area contributed by atoms with Crippen LogP contribution in [-0.2, 0) is 21.7 Å². The zero-order chi connectivity index (χ0) is 32.8. The topological polar surface area (TPSA) is 141 Å². The number of halogens is 7. The van der Waals surface area contributed by atoms with Crippen molar-refractivity contribution in [2.75, 3.05) is 38.5 Å². The Morgan fingerprint density at radius 3 is 1.95 bits per heavy atom. The van der Waals surface area contributed by atoms with E-state index in [4.69, 9.17) is 19.8 Å². The Labute approximate surface area is 241 Å². The van der Waals surface area contributed by atoms with E-state index in [1.54, 1.807) is 12.1 Å². The van der Waals surface area contributed by atoms with Crippen molar-refractivity contribution in [1.82, 2.24) is 24.6 Å². The summed E-state index contributed by atoms with van der Waals surface area (Å²) in [6.45, 7) is 9.14. The van der Waals surface area contributed by atoms with Gasteiger partial charge in [-0.05, 0) is 44.0 Å². The maximum atomic E-state index is 13.4. The first-order valence-electron chi connectivity index (χ1n) is 12.8. The number of anilines is 1. The van der Waals surface area contributed by atoms with Gasteiger partial charge in [-0.1, -0.05) is 19.9 Å². The number of likely N-dealkylation sites (N-methyl/N-ethyl adjacent to an activating group) is 1. The van der Waals surface area contributed by atoms with Gasteiger partial charge in [-0.25, -0.2) is 14.0 Å². The summed E-state index contributed by atoms with van der Waals surface area (Å²) < 4.78 is 78.9. The third-order valence-corrected chi connectivity index (χ3v) is 6.63. The molecule has 3 heterocycles. The van der Waals surface area contributed by atoms with E-state index in [2.05, 4.69) is 46.2 Å². The Hall–Kier alpha value is -3.80. The average Bonchev–Trinajstić information content (AvgIpc) is 3.32. The van der Waals surface area contributed by atoms with Crippen LogP contribution in [0.2, 0.25) is 0 Å². The second-order valence-corrected chi connectivity index (χ2v) is 10.2. The second kappa shape index (κ2) is 14.1. The Balaban J connectivity index is 0.000000384. The fourth-order valence-electron chi connectivity index (χ4n) is 4.64. The number of alkyl halides is 6. The molecule has 2 aromatic rings. The molecule has 1 fully saturated rings. The van der Waals surface area contributed by atoms with Gasteiger partial charge in [0.25, 0.3) is 5.91 Å². The number of fused-ring (bicyclic) bond motifs is 2. The lowest BCUT2D eigenvalue weighted by atomic mass is 9.83. The monoisotopic (exact) mass is 628 g/mol. The lowest BCUT2D eigenvalue weighted by Crippen LogP contribution is -2.56. The van der Waals surface area contributed by atoms with Crippen molar-refractivity contribution in [2.24, 2.45) is 5.92 Å². The van der Waals surface area contributed by atoms with Crippen molar-refractivity contribution in [3.63, 3.8) is 0 Å². The summed E-state index contributed by atoms with van der Waals surface area (Å²) in [5, 5.41) is 25.7. The number of carbonyl (C=O) groups excluding carboxylic acids is 1. The highest BCUT2D eigenvalue weighted by Gasteiger charge is 2.46. The number of benzene rings is 1. The number of amides is 1. The first-order valence-corrected chi connectivity index (χ1v) is 12.8. The number of nitrogens with one attached hydrogen (secondary N) is 1. The van der Waals surface area contributed by atoms with Gasteiger partial charge in [-0.2, -0.15) is 26.3 Å². The van der Waals surface area contributed by atoms with Crippen molar-refractivity contribution in [2.45, 2.75) is 51.1 Å². The molecule has 43 heavy (non-hydrogen) atoms. The van der Waals surface area contributed by atoms with E-state index < -0.39 is 24.3 Å². The van der Waals surface area contributed by atoms with Crippen LogP contribution in [0.15, 0.2) is 24.3 Å². The summed E-state index contributed by atoms with van der Waals surface area (Å²) in [4.78, 5) is 35.5. The Morgan fingerprint density at radius 2 is 1.49 bits per heavy atom. The largest absolute Gasteiger partial charge is 0.490 e. The Kier molecular flexibility index (Phi) is 11.6. The lowest BCUT2D eigenvalue weighted by Gasteiger charge is -2.49. The average molecular weight is 629 g/mol. The van der Waals surface area contributed by atoms with Crippen LogP contribution in [-0.4, -0.2) is 98.2 Å². The van der Waals surface area contributed by atoms with E-state index in [0.717, 1.165) is 44.8 Å². The zero-order valence-electron chi connectivity index (χ0n) is 23.3. The lowest BCUT2D eigenvalue weighted by molar-refractivity contribution is -0.193. The minimum atomic E-state index is -5.08. The number of piperidine rings is 1. The zero-order valence-corrected chi connectivity index (χ0v) is 23.3. The third-order valence-electron chi connectivity index (χ3n) is 6.63. The molecule has 2 aliphatic rings. The fourth-order valence-corrected chi connectivity index (χ4v) is 4.64. The molecule has 4 rings (SSSR count). The van der Waals surface area contributed by atoms with Crippen LogP contribution < -0.4 is 5.32 Å². The minimum absolute atomic E-state index is 0.184. The standard InChI is InChI=1S/C21H29FN6O.2C2HF3O2/c1-15(2)14-27-9-7-21(8-10-27)20-25-24-18(28(20)12-11-26(21)3)19(29)23-17-6-4-5-16(22)13-17;2*3-2(4,5)1(6)7/h4-6,13,15H,7-12,14H2,1-3H3,(H,23,29);2*(H,6,7). The van der Waals surface area contributed by atoms with E-state index in [0.29, 0.717) is 24.0 Å². The number of hydrogen-bond acceptors (Lipinski definition) is 7. The number of carboxylic acids is 2. The molecule has 0 saturated carbocycles. The molecule has 240 valence electrons. The molecule has 1 saturated heterocycles. The number of nitrogens with zero attached hydrogens (tertiary/aromatic N) is 5. The van der Waals surface area contributed by atoms with Gasteiger partial charge in [0.05, 0.1) is 5.54 Å². The molecule has 0 radical (unpaired) electrons. The summed E-state index contributed by atoms with van der Waals surface area (Å²) in [5.41, 5.74) is 0.229. The Morgan fingerprint density at radius 1 is 0.953 bits per heavy atom. The predicted molar refractivity (Wildman–Crippen MR) is 137 cm³/mol. The van der Waals surface area contributed by atoms with Gasteiger partial charge in [0.1, 0.15) is 5.82 Å². The molecular formula is C25H31F7N6O5. The van der Waals surface area contributed by atoms with Gasteiger partial charge >= 0.3 is 24.3 Å². The number of aromatic nitrogens is 3. The minimum Gasteiger partial charge on any atom is -0.475 e. The molecule has 1 spiro atoms. The molecule has 0 atom stereocenters. The first kappa shape index (κ1) is 35.4. The van der Waals surface area contributed by atoms with Gasteiger partial charge in [-0.15, -0.1) is 10.2 Å². The number of likely N-dealkylation sites (tertiary alicyclic amines) is 1. The van der Waals surface area contributed by atoms with Crippen LogP contribution in [0.4, 0.5) is 36.4 Å². The summed E-state index contributed by atoms with van der Waals surface area (Å²) >= 11 is 0. The van der Waals surface area contributed by atoms with Gasteiger partial charge < -0.3 is 25.0 Å². The SMILES string of the molecule is CC(C)CN1CCC2(CC1)c1nnc(C(=O)Nc3cccc(F)c3)n1CCN2C.O=C(O)C(F)(F)F.O=C(O)C(F)(F)F. The molecule has 1 aromatic heterocycles. The van der Waals surface area contributed by atoms with Crippen LogP contribution in [0.1, 0.15) is 43.1 Å². The number of rotatable bonds is 4. The van der Waals surface area contributed by atoms with Crippen LogP contribution in [0.5, 0.6) is 0 Å². The summed E-state index contributed by atoms with van der Waals surface area (Å²) in [6.07, 6.45) is -8.22. The molecule has 1 amide bonds. The highest BCUT2D eigenvalue weighted by Crippen LogP contribution is 2.40. The molecule has 0 unspecified atom stereocenters. The Bertz CT molecular complexity index is 1250. The van der Waals surface area contributed by atoms with E-state index in [9.17, 15) is 35.5 Å². The quantitative estimate of drug-likeness (QED) is 0.431. The van der Waals surface area contributed by atoms with E-state index in [1.165, 1.54) is 12.1 Å². The van der Waals surface area contributed by atoms with Crippen LogP contribution >= 0.6 is 0 Å². The predicted octanol–water partition coefficient (Wildman–Crippen LogP) is 3.83. The molecule has 3 N–H and O–H groups in total. The highest BCUT2D eigenvalue weighted by atomic mass is 19.4. The van der Waals surface area contributed by atoms with Gasteiger partial charge in [0.2, 0.25) is 5.82 Å². The van der Waals surface area contributed by atoms with Crippen LogP contribution in [0.3, 0.4) is 0 Å². The second-order valence-electron chi connectivity index (χ2n) is 10.2. The van der Waals surface area contributed by atoms with Crippen molar-refractivity contribution in [3.05, 3.63) is 41.7 Å². The van der Waals surface area contributed by atoms with Crippen molar-refractivity contribution >= 4 is 23.5 Å². The molecule has 0 bridgehead atoms. The van der Waals surface area contributed by atoms with Crippen molar-refractivity contribution in [3.8, 4) is 0 Å². The molecule has 2 aliphatic heterocycles. The van der Waals surface area contributed by atoms with Gasteiger partial charge in [-0.3, -0.25) is 9.69 Å². The number of carbonyl (C=O) groups is 3. The molecule has 18 heteroatoms. The maximum Gasteiger partial charge on any atom is 0.490 e. The summed E-state index contributed by atoms with van der Waals surface area (Å²) in [5.74, 6) is -4.44. The van der Waals surface area contributed by atoms with Gasteiger partial charge in [0.15, 0.2) is 5.82 Å². The van der Waals surface area contributed by atoms with E-state index >= 15 is 0 Å². The molecule has 11 nitrogen and oxygen atoms in total. The molecule has 0 aliphatic carbocycles. The van der Waals surface area contributed by atoms with Gasteiger partial charge in [0, 0.05) is 38.4 Å². The highest BCUT2D eigenvalue weighted by molar-refractivity contribution is 6.01. The summed E-state index contributed by atoms with van der Waals surface area (Å²) in [7, 11) is 2.14. The number of hydrogen-bond donors (Lipinski definition) is 3. The molecule has 1 aromatic carbocycles. The van der Waals surface area contributed by atoms with Crippen LogP contribution in [0.25, 0.3) is 0 Å².